The van der Waals surface area contributed by atoms with Crippen LogP contribution in [0.4, 0.5) is 0 Å². The summed E-state index contributed by atoms with van der Waals surface area (Å²) in [6.45, 7) is 2.10. The first-order chi connectivity index (χ1) is 10.7. The van der Waals surface area contributed by atoms with E-state index in [0.717, 1.165) is 23.1 Å². The van der Waals surface area contributed by atoms with E-state index in [-0.39, 0.29) is 0 Å². The summed E-state index contributed by atoms with van der Waals surface area (Å²) < 4.78 is 12.6. The van der Waals surface area contributed by atoms with Gasteiger partial charge in [0.15, 0.2) is 5.75 Å². The fourth-order valence-electron chi connectivity index (χ4n) is 2.44. The van der Waals surface area contributed by atoms with Crippen molar-refractivity contribution >= 4 is 34.0 Å². The van der Waals surface area contributed by atoms with E-state index in [2.05, 4.69) is 28.1 Å². The molecule has 0 saturated heterocycles. The molecule has 0 spiro atoms. The van der Waals surface area contributed by atoms with Crippen molar-refractivity contribution in [3.63, 3.8) is 0 Å². The summed E-state index contributed by atoms with van der Waals surface area (Å²) >= 11 is 0.471. The average Bonchev–Trinajstić information content (AvgIpc) is 2.98. The Balaban J connectivity index is 1.89. The number of H-pyrrole nitrogens is 1. The lowest BCUT2D eigenvalue weighted by Gasteiger charge is -2.12. The third-order valence-electron chi connectivity index (χ3n) is 3.53. The molecule has 0 aliphatic heterocycles. The van der Waals surface area contributed by atoms with Crippen LogP contribution in [-0.4, -0.2) is 25.8 Å². The zero-order valence-corrected chi connectivity index (χ0v) is 14.1. The highest BCUT2D eigenvalue weighted by molar-refractivity contribution is 7.98. The Morgan fingerprint density at radius 3 is 2.82 bits per heavy atom. The summed E-state index contributed by atoms with van der Waals surface area (Å²) in [5, 5.41) is 0.514. The first kappa shape index (κ1) is 15.4. The number of fused-ring (bicyclic) bond motifs is 1. The Kier molecular flexibility index (Phi) is 4.71. The van der Waals surface area contributed by atoms with Gasteiger partial charge in [0.05, 0.1) is 16.7 Å². The molecular formula is C16H17N3OS2. The summed E-state index contributed by atoms with van der Waals surface area (Å²) in [6.07, 6.45) is 4.72. The maximum Gasteiger partial charge on any atom is 0.322 e. The van der Waals surface area contributed by atoms with Crippen LogP contribution < -0.4 is 0 Å². The van der Waals surface area contributed by atoms with Gasteiger partial charge in [-0.15, -0.1) is 11.8 Å². The topological polar surface area (TPSA) is 64.6 Å². The number of nitrogens with zero attached hydrogens (tertiary/aromatic N) is 2. The normalized spacial score (nSPS) is 12.7. The first-order valence-corrected chi connectivity index (χ1v) is 9.61. The van der Waals surface area contributed by atoms with Gasteiger partial charge in [-0.2, -0.15) is 4.98 Å². The van der Waals surface area contributed by atoms with E-state index in [9.17, 15) is 4.55 Å². The molecule has 1 unspecified atom stereocenters. The fraction of sp³-hybridized carbons (Fsp3) is 0.250. The van der Waals surface area contributed by atoms with Crippen LogP contribution in [0.2, 0.25) is 0 Å². The molecule has 0 aliphatic rings. The summed E-state index contributed by atoms with van der Waals surface area (Å²) in [5.41, 5.74) is 3.83. The SMILES string of the molecule is CCc1c(SC)ccnc1C[S+]([O-])c1nc2ccccc2[nH]1. The van der Waals surface area contributed by atoms with Gasteiger partial charge in [0.1, 0.15) is 0 Å². The molecule has 0 saturated carbocycles. The van der Waals surface area contributed by atoms with Gasteiger partial charge in [0.25, 0.3) is 0 Å². The lowest BCUT2D eigenvalue weighted by molar-refractivity contribution is 0.586. The number of imidazole rings is 1. The minimum atomic E-state index is -1.23. The smallest absolute Gasteiger partial charge is 0.322 e. The molecule has 3 aromatic rings. The molecule has 0 aliphatic carbocycles. The standard InChI is InChI=1S/C16H17N3OS2/c1-3-11-14(17-9-8-15(11)21-2)10-22(20)16-18-12-6-4-5-7-13(12)19-16/h4-9H,3,10H2,1-2H3,(H,18,19). The van der Waals surface area contributed by atoms with E-state index in [4.69, 9.17) is 0 Å². The number of rotatable bonds is 5. The lowest BCUT2D eigenvalue weighted by atomic mass is 10.1. The van der Waals surface area contributed by atoms with E-state index in [1.807, 2.05) is 30.3 Å². The second-order valence-electron chi connectivity index (χ2n) is 4.84. The number of hydrogen-bond acceptors (Lipinski definition) is 4. The number of aromatic nitrogens is 3. The third-order valence-corrected chi connectivity index (χ3v) is 5.51. The van der Waals surface area contributed by atoms with Gasteiger partial charge < -0.3 is 4.55 Å². The van der Waals surface area contributed by atoms with Crippen LogP contribution in [0, 0.1) is 0 Å². The minimum Gasteiger partial charge on any atom is -0.609 e. The molecule has 3 rings (SSSR count). The van der Waals surface area contributed by atoms with E-state index in [1.165, 1.54) is 10.5 Å². The van der Waals surface area contributed by atoms with Gasteiger partial charge in [-0.3, -0.25) is 9.97 Å². The Hall–Kier alpha value is -1.50. The Bertz CT molecular complexity index is 755. The zero-order valence-electron chi connectivity index (χ0n) is 12.5. The highest BCUT2D eigenvalue weighted by Gasteiger charge is 2.20. The van der Waals surface area contributed by atoms with Crippen LogP contribution in [0.3, 0.4) is 0 Å². The molecule has 2 aromatic heterocycles. The van der Waals surface area contributed by atoms with Gasteiger partial charge in [0, 0.05) is 22.3 Å². The molecule has 0 amide bonds. The summed E-state index contributed by atoms with van der Waals surface area (Å²) in [4.78, 5) is 13.2. The van der Waals surface area contributed by atoms with Crippen molar-refractivity contribution in [3.05, 3.63) is 47.8 Å². The van der Waals surface area contributed by atoms with Gasteiger partial charge >= 0.3 is 5.16 Å². The predicted molar refractivity (Wildman–Crippen MR) is 91.6 cm³/mol. The molecule has 6 heteroatoms. The zero-order chi connectivity index (χ0) is 15.5. The third kappa shape index (κ3) is 2.99. The summed E-state index contributed by atoms with van der Waals surface area (Å²) in [5.74, 6) is 0.386. The van der Waals surface area contributed by atoms with Gasteiger partial charge in [-0.25, -0.2) is 0 Å². The number of benzene rings is 1. The molecule has 2 heterocycles. The highest BCUT2D eigenvalue weighted by atomic mass is 32.2. The lowest BCUT2D eigenvalue weighted by Crippen LogP contribution is -2.10. The van der Waals surface area contributed by atoms with Crippen molar-refractivity contribution in [1.82, 2.24) is 15.0 Å². The first-order valence-electron chi connectivity index (χ1n) is 7.06. The molecule has 1 aromatic carbocycles. The van der Waals surface area contributed by atoms with Crippen LogP contribution in [0.25, 0.3) is 11.0 Å². The van der Waals surface area contributed by atoms with Crippen LogP contribution in [0.1, 0.15) is 18.2 Å². The van der Waals surface area contributed by atoms with E-state index in [1.54, 1.807) is 18.0 Å². The van der Waals surface area contributed by atoms with Crippen LogP contribution in [-0.2, 0) is 23.3 Å². The second kappa shape index (κ2) is 6.73. The predicted octanol–water partition coefficient (Wildman–Crippen LogP) is 3.55. The van der Waals surface area contributed by atoms with Crippen molar-refractivity contribution in [1.29, 1.82) is 0 Å². The molecule has 4 nitrogen and oxygen atoms in total. The van der Waals surface area contributed by atoms with Crippen molar-refractivity contribution < 1.29 is 4.55 Å². The number of pyridine rings is 1. The number of nitrogens with one attached hydrogen (secondary N) is 1. The largest absolute Gasteiger partial charge is 0.609 e. The number of aromatic amines is 1. The van der Waals surface area contributed by atoms with Gasteiger partial charge in [0.2, 0.25) is 0 Å². The average molecular weight is 331 g/mol. The molecule has 22 heavy (non-hydrogen) atoms. The van der Waals surface area contributed by atoms with Gasteiger partial charge in [-0.1, -0.05) is 19.1 Å². The molecule has 1 N–H and O–H groups in total. The summed E-state index contributed by atoms with van der Waals surface area (Å²) in [7, 11) is 0. The Labute approximate surface area is 136 Å². The van der Waals surface area contributed by atoms with Crippen molar-refractivity contribution in [2.45, 2.75) is 29.1 Å². The number of para-hydroxylation sites is 2. The maximum atomic E-state index is 12.6. The maximum absolute atomic E-state index is 12.6. The second-order valence-corrected chi connectivity index (χ2v) is 7.06. The fourth-order valence-corrected chi connectivity index (χ4v) is 4.20. The molecule has 1 atom stereocenters. The van der Waals surface area contributed by atoms with E-state index >= 15 is 0 Å². The number of thioether (sulfide) groups is 1. The van der Waals surface area contributed by atoms with Crippen LogP contribution in [0.5, 0.6) is 0 Å². The molecule has 0 radical (unpaired) electrons. The summed E-state index contributed by atoms with van der Waals surface area (Å²) in [6, 6.07) is 9.72. The minimum absolute atomic E-state index is 0.386. The quantitative estimate of drug-likeness (QED) is 0.573. The van der Waals surface area contributed by atoms with Crippen molar-refractivity contribution in [2.75, 3.05) is 6.26 Å². The Morgan fingerprint density at radius 2 is 2.09 bits per heavy atom. The van der Waals surface area contributed by atoms with Crippen LogP contribution >= 0.6 is 11.8 Å². The number of hydrogen-bond donors (Lipinski definition) is 1. The molecule has 114 valence electrons. The molecule has 0 bridgehead atoms. The van der Waals surface area contributed by atoms with Gasteiger partial charge in [-0.05, 0) is 36.4 Å². The highest BCUT2D eigenvalue weighted by Crippen LogP contribution is 2.25. The monoisotopic (exact) mass is 331 g/mol. The molecular weight excluding hydrogens is 314 g/mol. The van der Waals surface area contributed by atoms with E-state index in [0.29, 0.717) is 10.9 Å². The van der Waals surface area contributed by atoms with Crippen molar-refractivity contribution in [3.8, 4) is 0 Å². The van der Waals surface area contributed by atoms with Crippen molar-refractivity contribution in [2.24, 2.45) is 0 Å². The van der Waals surface area contributed by atoms with E-state index < -0.39 is 11.2 Å². The Morgan fingerprint density at radius 1 is 1.27 bits per heavy atom. The molecule has 0 fully saturated rings. The van der Waals surface area contributed by atoms with Crippen LogP contribution in [0.15, 0.2) is 46.6 Å².